The van der Waals surface area contributed by atoms with Crippen molar-refractivity contribution in [1.82, 2.24) is 10.2 Å². The van der Waals surface area contributed by atoms with Gasteiger partial charge in [-0.1, -0.05) is 20.3 Å². The smallest absolute Gasteiger partial charge is 0.00193 e. The molecular formula is C12H28N2. The van der Waals surface area contributed by atoms with E-state index in [-0.39, 0.29) is 0 Å². The fourth-order valence-corrected chi connectivity index (χ4v) is 1.44. The predicted molar refractivity (Wildman–Crippen MR) is 64.7 cm³/mol. The topological polar surface area (TPSA) is 15.3 Å². The maximum Gasteiger partial charge on any atom is -0.00193 e. The molecular weight excluding hydrogens is 172 g/mol. The van der Waals surface area contributed by atoms with Gasteiger partial charge in [-0.05, 0) is 58.9 Å². The Morgan fingerprint density at radius 1 is 1.21 bits per heavy atom. The molecule has 0 aliphatic rings. The first-order chi connectivity index (χ1) is 6.70. The molecule has 0 amide bonds. The Morgan fingerprint density at radius 2 is 1.93 bits per heavy atom. The highest BCUT2D eigenvalue weighted by molar-refractivity contribution is 4.57. The summed E-state index contributed by atoms with van der Waals surface area (Å²) in [5.41, 5.74) is 0. The highest BCUT2D eigenvalue weighted by Gasteiger charge is 2.02. The Balaban J connectivity index is 3.23. The monoisotopic (exact) mass is 200 g/mol. The standard InChI is InChI=1S/C12H28N2/c1-5-12(2)8-11-14(4)10-7-6-9-13-3/h12-13H,5-11H2,1-4H3. The van der Waals surface area contributed by atoms with Crippen molar-refractivity contribution in [1.29, 1.82) is 0 Å². The lowest BCUT2D eigenvalue weighted by Gasteiger charge is -2.18. The van der Waals surface area contributed by atoms with Crippen molar-refractivity contribution in [3.05, 3.63) is 0 Å². The first-order valence-electron chi connectivity index (χ1n) is 6.03. The van der Waals surface area contributed by atoms with Crippen molar-refractivity contribution >= 4 is 0 Å². The van der Waals surface area contributed by atoms with Gasteiger partial charge in [0.05, 0.1) is 0 Å². The molecule has 86 valence electrons. The summed E-state index contributed by atoms with van der Waals surface area (Å²) in [5.74, 6) is 0.884. The maximum atomic E-state index is 3.18. The molecule has 2 nitrogen and oxygen atoms in total. The lowest BCUT2D eigenvalue weighted by molar-refractivity contribution is 0.297. The minimum absolute atomic E-state index is 0.884. The third-order valence-corrected chi connectivity index (χ3v) is 2.92. The molecule has 0 saturated heterocycles. The average molecular weight is 200 g/mol. The van der Waals surface area contributed by atoms with E-state index < -0.39 is 0 Å². The molecule has 1 unspecified atom stereocenters. The van der Waals surface area contributed by atoms with E-state index in [0.717, 1.165) is 12.5 Å². The van der Waals surface area contributed by atoms with Gasteiger partial charge in [0.2, 0.25) is 0 Å². The van der Waals surface area contributed by atoms with E-state index >= 15 is 0 Å². The largest absolute Gasteiger partial charge is 0.320 e. The Kier molecular flexibility index (Phi) is 9.42. The van der Waals surface area contributed by atoms with Crippen molar-refractivity contribution in [3.63, 3.8) is 0 Å². The number of nitrogens with zero attached hydrogens (tertiary/aromatic N) is 1. The zero-order valence-corrected chi connectivity index (χ0v) is 10.5. The highest BCUT2D eigenvalue weighted by atomic mass is 15.1. The Morgan fingerprint density at radius 3 is 2.50 bits per heavy atom. The van der Waals surface area contributed by atoms with Crippen molar-refractivity contribution in [3.8, 4) is 0 Å². The fourth-order valence-electron chi connectivity index (χ4n) is 1.44. The summed E-state index contributed by atoms with van der Waals surface area (Å²) in [5, 5.41) is 3.18. The molecule has 0 aliphatic heterocycles. The molecule has 0 aromatic carbocycles. The molecule has 0 aromatic rings. The van der Waals surface area contributed by atoms with Gasteiger partial charge in [-0.3, -0.25) is 0 Å². The molecule has 0 aromatic heterocycles. The van der Waals surface area contributed by atoms with E-state index in [1.165, 1.54) is 38.8 Å². The zero-order chi connectivity index (χ0) is 10.8. The second kappa shape index (κ2) is 9.47. The Bertz CT molecular complexity index is 115. The summed E-state index contributed by atoms with van der Waals surface area (Å²) in [6.45, 7) is 8.28. The van der Waals surface area contributed by atoms with E-state index in [0.29, 0.717) is 0 Å². The van der Waals surface area contributed by atoms with Crippen LogP contribution in [-0.4, -0.2) is 38.6 Å². The summed E-state index contributed by atoms with van der Waals surface area (Å²) >= 11 is 0. The van der Waals surface area contributed by atoms with Crippen molar-refractivity contribution in [2.75, 3.05) is 33.7 Å². The van der Waals surface area contributed by atoms with Crippen LogP contribution in [0.2, 0.25) is 0 Å². The number of unbranched alkanes of at least 4 members (excludes halogenated alkanes) is 1. The van der Waals surface area contributed by atoms with Crippen LogP contribution in [-0.2, 0) is 0 Å². The lowest BCUT2D eigenvalue weighted by Crippen LogP contribution is -2.23. The van der Waals surface area contributed by atoms with Crippen LogP contribution in [0.25, 0.3) is 0 Å². The van der Waals surface area contributed by atoms with Gasteiger partial charge < -0.3 is 10.2 Å². The zero-order valence-electron chi connectivity index (χ0n) is 10.5. The normalized spacial score (nSPS) is 13.5. The third kappa shape index (κ3) is 8.52. The lowest BCUT2D eigenvalue weighted by atomic mass is 10.1. The number of rotatable bonds is 9. The van der Waals surface area contributed by atoms with E-state index in [2.05, 4.69) is 31.1 Å². The van der Waals surface area contributed by atoms with Gasteiger partial charge >= 0.3 is 0 Å². The van der Waals surface area contributed by atoms with Crippen molar-refractivity contribution in [2.45, 2.75) is 39.5 Å². The van der Waals surface area contributed by atoms with Gasteiger partial charge in [0, 0.05) is 0 Å². The minimum Gasteiger partial charge on any atom is -0.320 e. The van der Waals surface area contributed by atoms with Crippen LogP contribution >= 0.6 is 0 Å². The molecule has 0 spiro atoms. The van der Waals surface area contributed by atoms with Gasteiger partial charge in [0.25, 0.3) is 0 Å². The SMILES string of the molecule is CCC(C)CCN(C)CCCCNC. The average Bonchev–Trinajstić information content (AvgIpc) is 2.21. The summed E-state index contributed by atoms with van der Waals surface area (Å²) in [4.78, 5) is 2.46. The van der Waals surface area contributed by atoms with Crippen LogP contribution in [0.1, 0.15) is 39.5 Å². The minimum atomic E-state index is 0.884. The molecule has 2 heteroatoms. The van der Waals surface area contributed by atoms with Crippen molar-refractivity contribution in [2.24, 2.45) is 5.92 Å². The summed E-state index contributed by atoms with van der Waals surface area (Å²) in [6, 6.07) is 0. The van der Waals surface area contributed by atoms with Gasteiger partial charge in [0.1, 0.15) is 0 Å². The van der Waals surface area contributed by atoms with E-state index in [1.807, 2.05) is 7.05 Å². The van der Waals surface area contributed by atoms with Crippen molar-refractivity contribution < 1.29 is 0 Å². The van der Waals surface area contributed by atoms with Crippen LogP contribution in [0.15, 0.2) is 0 Å². The molecule has 0 heterocycles. The van der Waals surface area contributed by atoms with E-state index in [4.69, 9.17) is 0 Å². The molecule has 0 fully saturated rings. The van der Waals surface area contributed by atoms with Gasteiger partial charge in [-0.15, -0.1) is 0 Å². The first-order valence-corrected chi connectivity index (χ1v) is 6.03. The summed E-state index contributed by atoms with van der Waals surface area (Å²) in [7, 11) is 4.26. The molecule has 14 heavy (non-hydrogen) atoms. The number of hydrogen-bond acceptors (Lipinski definition) is 2. The third-order valence-electron chi connectivity index (χ3n) is 2.92. The number of nitrogens with one attached hydrogen (secondary N) is 1. The molecule has 1 N–H and O–H groups in total. The predicted octanol–water partition coefficient (Wildman–Crippen LogP) is 2.35. The molecule has 0 rings (SSSR count). The Labute approximate surface area is 90.1 Å². The summed E-state index contributed by atoms with van der Waals surface area (Å²) < 4.78 is 0. The quantitative estimate of drug-likeness (QED) is 0.575. The van der Waals surface area contributed by atoms with Gasteiger partial charge in [-0.25, -0.2) is 0 Å². The number of hydrogen-bond donors (Lipinski definition) is 1. The first kappa shape index (κ1) is 13.9. The molecule has 0 aliphatic carbocycles. The maximum absolute atomic E-state index is 3.18. The molecule has 0 saturated carbocycles. The highest BCUT2D eigenvalue weighted by Crippen LogP contribution is 2.06. The van der Waals surface area contributed by atoms with Crippen LogP contribution in [0.4, 0.5) is 0 Å². The molecule has 0 bridgehead atoms. The fraction of sp³-hybridized carbons (Fsp3) is 1.00. The van der Waals surface area contributed by atoms with Crippen LogP contribution in [0.3, 0.4) is 0 Å². The van der Waals surface area contributed by atoms with E-state index in [9.17, 15) is 0 Å². The van der Waals surface area contributed by atoms with Crippen LogP contribution in [0.5, 0.6) is 0 Å². The Hall–Kier alpha value is -0.0800. The van der Waals surface area contributed by atoms with Crippen LogP contribution < -0.4 is 5.32 Å². The van der Waals surface area contributed by atoms with Gasteiger partial charge in [-0.2, -0.15) is 0 Å². The summed E-state index contributed by atoms with van der Waals surface area (Å²) in [6.07, 6.45) is 5.27. The molecule has 1 atom stereocenters. The van der Waals surface area contributed by atoms with Gasteiger partial charge in [0.15, 0.2) is 0 Å². The van der Waals surface area contributed by atoms with Crippen LogP contribution in [0, 0.1) is 5.92 Å². The van der Waals surface area contributed by atoms with E-state index in [1.54, 1.807) is 0 Å². The molecule has 0 radical (unpaired) electrons. The second-order valence-electron chi connectivity index (χ2n) is 4.42. The second-order valence-corrected chi connectivity index (χ2v) is 4.42.